The molecular formula is C12H14ClNO3. The summed E-state index contributed by atoms with van der Waals surface area (Å²) in [5, 5.41) is 9.92. The zero-order valence-corrected chi connectivity index (χ0v) is 10.3. The van der Waals surface area contributed by atoms with Crippen molar-refractivity contribution in [3.63, 3.8) is 0 Å². The first-order valence-electron chi connectivity index (χ1n) is 5.61. The van der Waals surface area contributed by atoms with E-state index in [4.69, 9.17) is 16.3 Å². The lowest BCUT2D eigenvalue weighted by Crippen LogP contribution is -2.29. The molecule has 0 amide bonds. The number of allylic oxidation sites excluding steroid dienone is 1. The summed E-state index contributed by atoms with van der Waals surface area (Å²) < 4.78 is 4.92. The normalized spacial score (nSPS) is 27.5. The minimum Gasteiger partial charge on any atom is -0.513 e. The molecular weight excluding hydrogens is 242 g/mol. The van der Waals surface area contributed by atoms with Gasteiger partial charge in [0.2, 0.25) is 0 Å². The first-order valence-corrected chi connectivity index (χ1v) is 5.99. The Labute approximate surface area is 105 Å². The van der Waals surface area contributed by atoms with Crippen molar-refractivity contribution >= 4 is 23.8 Å². The van der Waals surface area contributed by atoms with Crippen LogP contribution in [-0.2, 0) is 9.53 Å². The van der Waals surface area contributed by atoms with E-state index in [1.54, 1.807) is 13.0 Å². The Kier molecular flexibility index (Phi) is 3.52. The lowest BCUT2D eigenvalue weighted by Gasteiger charge is -2.29. The molecule has 0 fully saturated rings. The molecule has 1 heterocycles. The molecule has 2 atom stereocenters. The average Bonchev–Trinajstić information content (AvgIpc) is 2.29. The van der Waals surface area contributed by atoms with Crippen LogP contribution < -0.4 is 0 Å². The Morgan fingerprint density at radius 3 is 3.18 bits per heavy atom. The van der Waals surface area contributed by atoms with Crippen LogP contribution in [0.1, 0.15) is 19.8 Å². The van der Waals surface area contributed by atoms with Gasteiger partial charge >= 0.3 is 5.97 Å². The number of halogens is 1. The molecule has 1 N–H and O–H groups in total. The number of hydrogen-bond acceptors (Lipinski definition) is 4. The molecule has 1 aliphatic heterocycles. The number of hydrogen-bond donors (Lipinski definition) is 1. The molecule has 0 saturated heterocycles. The van der Waals surface area contributed by atoms with Gasteiger partial charge in [0.15, 0.2) is 0 Å². The zero-order chi connectivity index (χ0) is 12.4. The third kappa shape index (κ3) is 2.36. The van der Waals surface area contributed by atoms with Crippen LogP contribution in [0.25, 0.3) is 0 Å². The predicted molar refractivity (Wildman–Crippen MR) is 65.2 cm³/mol. The van der Waals surface area contributed by atoms with E-state index < -0.39 is 5.97 Å². The second-order valence-corrected chi connectivity index (χ2v) is 4.48. The Morgan fingerprint density at radius 2 is 2.47 bits per heavy atom. The maximum atomic E-state index is 11.6. The number of nitrogens with zero attached hydrogens (tertiary/aromatic N) is 1. The summed E-state index contributed by atoms with van der Waals surface area (Å²) in [6, 6.07) is -0.0642. The molecule has 0 spiro atoms. The maximum Gasteiger partial charge on any atom is 0.340 e. The zero-order valence-electron chi connectivity index (χ0n) is 9.52. The van der Waals surface area contributed by atoms with Gasteiger partial charge in [-0.25, -0.2) is 4.79 Å². The van der Waals surface area contributed by atoms with Crippen molar-refractivity contribution in [2.75, 3.05) is 6.61 Å². The summed E-state index contributed by atoms with van der Waals surface area (Å²) >= 11 is 6.21. The first kappa shape index (κ1) is 12.2. The van der Waals surface area contributed by atoms with E-state index in [0.29, 0.717) is 35.8 Å². The SMILES string of the molecule is CCOC(=O)C1=C(Cl)C2CC=C(O)CC2N=C1. The maximum absolute atomic E-state index is 11.6. The van der Waals surface area contributed by atoms with Crippen molar-refractivity contribution in [1.82, 2.24) is 0 Å². The largest absolute Gasteiger partial charge is 0.513 e. The molecule has 0 aromatic heterocycles. The Bertz CT molecular complexity index is 425. The van der Waals surface area contributed by atoms with E-state index in [1.165, 1.54) is 6.21 Å². The van der Waals surface area contributed by atoms with Gasteiger partial charge in [-0.05, 0) is 19.4 Å². The molecule has 0 bridgehead atoms. The third-order valence-electron chi connectivity index (χ3n) is 2.96. The van der Waals surface area contributed by atoms with Crippen LogP contribution in [0.15, 0.2) is 27.4 Å². The molecule has 2 unspecified atom stereocenters. The molecule has 0 aromatic carbocycles. The lowest BCUT2D eigenvalue weighted by molar-refractivity contribution is -0.137. The Hall–Kier alpha value is -1.29. The molecule has 0 aromatic rings. The smallest absolute Gasteiger partial charge is 0.340 e. The first-order chi connectivity index (χ1) is 8.13. The van der Waals surface area contributed by atoms with Crippen molar-refractivity contribution in [3.05, 3.63) is 22.4 Å². The van der Waals surface area contributed by atoms with Crippen molar-refractivity contribution in [2.45, 2.75) is 25.8 Å². The fourth-order valence-corrected chi connectivity index (χ4v) is 2.44. The second-order valence-electron chi connectivity index (χ2n) is 4.07. The highest BCUT2D eigenvalue weighted by Gasteiger charge is 2.33. The number of carbonyl (C=O) groups is 1. The summed E-state index contributed by atoms with van der Waals surface area (Å²) in [5.41, 5.74) is 0.338. The van der Waals surface area contributed by atoms with Crippen molar-refractivity contribution < 1.29 is 14.6 Å². The number of ether oxygens (including phenoxy) is 1. The molecule has 17 heavy (non-hydrogen) atoms. The standard InChI is InChI=1S/C12H14ClNO3/c1-2-17-12(16)9-6-14-10-5-7(15)3-4-8(10)11(9)13/h3,6,8,10,15H,2,4-5H2,1H3. The Balaban J connectivity index is 2.23. The minimum absolute atomic E-state index is 0.0167. The topological polar surface area (TPSA) is 58.9 Å². The fourth-order valence-electron chi connectivity index (χ4n) is 2.08. The molecule has 5 heteroatoms. The fraction of sp³-hybridized carbons (Fsp3) is 0.500. The molecule has 2 aliphatic rings. The summed E-state index contributed by atoms with van der Waals surface area (Å²) in [7, 11) is 0. The number of rotatable bonds is 2. The van der Waals surface area contributed by atoms with Crippen LogP contribution in [0.2, 0.25) is 0 Å². The van der Waals surface area contributed by atoms with Crippen molar-refractivity contribution in [3.8, 4) is 0 Å². The van der Waals surface area contributed by atoms with Gasteiger partial charge in [0, 0.05) is 23.6 Å². The average molecular weight is 256 g/mol. The predicted octanol–water partition coefficient (Wildman–Crippen LogP) is 2.35. The van der Waals surface area contributed by atoms with Crippen LogP contribution in [0.4, 0.5) is 0 Å². The highest BCUT2D eigenvalue weighted by Crippen LogP contribution is 2.37. The van der Waals surface area contributed by atoms with E-state index in [1.807, 2.05) is 0 Å². The van der Waals surface area contributed by atoms with Crippen molar-refractivity contribution in [1.29, 1.82) is 0 Å². The van der Waals surface area contributed by atoms with E-state index in [0.717, 1.165) is 0 Å². The van der Waals surface area contributed by atoms with Crippen LogP contribution in [0, 0.1) is 5.92 Å². The van der Waals surface area contributed by atoms with Crippen LogP contribution in [0.5, 0.6) is 0 Å². The third-order valence-corrected chi connectivity index (χ3v) is 3.45. The van der Waals surface area contributed by atoms with E-state index >= 15 is 0 Å². The number of aliphatic imine (C=N–C) groups is 1. The quantitative estimate of drug-likeness (QED) is 0.771. The van der Waals surface area contributed by atoms with E-state index in [2.05, 4.69) is 4.99 Å². The highest BCUT2D eigenvalue weighted by molar-refractivity contribution is 6.35. The summed E-state index contributed by atoms with van der Waals surface area (Å²) in [4.78, 5) is 15.9. The second kappa shape index (κ2) is 4.92. The van der Waals surface area contributed by atoms with Crippen LogP contribution >= 0.6 is 11.6 Å². The molecule has 2 rings (SSSR count). The Morgan fingerprint density at radius 1 is 1.71 bits per heavy atom. The number of carbonyl (C=O) groups excluding carboxylic acids is 1. The number of esters is 1. The van der Waals surface area contributed by atoms with E-state index in [-0.39, 0.29) is 12.0 Å². The number of dihydropyridines is 1. The molecule has 0 saturated carbocycles. The minimum atomic E-state index is -0.432. The van der Waals surface area contributed by atoms with Gasteiger partial charge in [0.05, 0.1) is 24.0 Å². The van der Waals surface area contributed by atoms with Gasteiger partial charge in [0.1, 0.15) is 0 Å². The number of aliphatic hydroxyl groups excluding tert-OH is 1. The van der Waals surface area contributed by atoms with Crippen molar-refractivity contribution in [2.24, 2.45) is 10.9 Å². The lowest BCUT2D eigenvalue weighted by atomic mass is 9.85. The van der Waals surface area contributed by atoms with Crippen LogP contribution in [0.3, 0.4) is 0 Å². The molecule has 0 radical (unpaired) electrons. The van der Waals surface area contributed by atoms with Gasteiger partial charge in [-0.1, -0.05) is 11.6 Å². The van der Waals surface area contributed by atoms with Gasteiger partial charge in [-0.15, -0.1) is 0 Å². The summed E-state index contributed by atoms with van der Waals surface area (Å²) in [6.07, 6.45) is 4.27. The summed E-state index contributed by atoms with van der Waals surface area (Å²) in [6.45, 7) is 2.06. The number of aliphatic hydroxyl groups is 1. The number of fused-ring (bicyclic) bond motifs is 1. The molecule has 4 nitrogen and oxygen atoms in total. The molecule has 92 valence electrons. The van der Waals surface area contributed by atoms with E-state index in [9.17, 15) is 9.90 Å². The van der Waals surface area contributed by atoms with Gasteiger partial charge in [-0.2, -0.15) is 0 Å². The monoisotopic (exact) mass is 255 g/mol. The van der Waals surface area contributed by atoms with Gasteiger partial charge < -0.3 is 9.84 Å². The van der Waals surface area contributed by atoms with Crippen LogP contribution in [-0.4, -0.2) is 29.9 Å². The molecule has 1 aliphatic carbocycles. The summed E-state index contributed by atoms with van der Waals surface area (Å²) in [5.74, 6) is -0.108. The van der Waals surface area contributed by atoms with Gasteiger partial charge in [-0.3, -0.25) is 4.99 Å². The highest BCUT2D eigenvalue weighted by atomic mass is 35.5. The van der Waals surface area contributed by atoms with Gasteiger partial charge in [0.25, 0.3) is 0 Å².